The first-order valence-electron chi connectivity index (χ1n) is 11.0. The molecule has 1 saturated heterocycles. The van der Waals surface area contributed by atoms with Crippen molar-refractivity contribution in [1.29, 1.82) is 0 Å². The van der Waals surface area contributed by atoms with Gasteiger partial charge >= 0.3 is 0 Å². The minimum Gasteiger partial charge on any atom is -0.385 e. The highest BCUT2D eigenvalue weighted by Crippen LogP contribution is 2.37. The molecule has 4 rings (SSSR count). The lowest BCUT2D eigenvalue weighted by Crippen LogP contribution is -2.53. The normalized spacial score (nSPS) is 22.3. The molecule has 0 amide bonds. The van der Waals surface area contributed by atoms with Crippen molar-refractivity contribution in [1.82, 2.24) is 14.8 Å². The lowest BCUT2D eigenvalue weighted by atomic mass is 10.0. The van der Waals surface area contributed by atoms with Crippen LogP contribution in [0.2, 0.25) is 0 Å². The first-order valence-corrected chi connectivity index (χ1v) is 11.0. The molecule has 29 heavy (non-hydrogen) atoms. The zero-order valence-electron chi connectivity index (χ0n) is 17.9. The molecular weight excluding hydrogens is 366 g/mol. The molecule has 6 nitrogen and oxygen atoms in total. The van der Waals surface area contributed by atoms with Crippen molar-refractivity contribution >= 4 is 10.9 Å². The number of fused-ring (bicyclic) bond motifs is 1. The average molecular weight is 402 g/mol. The van der Waals surface area contributed by atoms with Gasteiger partial charge < -0.3 is 24.5 Å². The van der Waals surface area contributed by atoms with Crippen molar-refractivity contribution in [2.75, 3.05) is 33.4 Å². The van der Waals surface area contributed by atoms with Crippen LogP contribution in [0.4, 0.5) is 0 Å². The molecule has 2 N–H and O–H groups in total. The third kappa shape index (κ3) is 4.52. The number of nitrogens with zero attached hydrogens (tertiary/aromatic N) is 2. The van der Waals surface area contributed by atoms with Crippen molar-refractivity contribution in [3.8, 4) is 0 Å². The van der Waals surface area contributed by atoms with Crippen LogP contribution in [-0.2, 0) is 16.0 Å². The smallest absolute Gasteiger partial charge is 0.135 e. The van der Waals surface area contributed by atoms with Crippen molar-refractivity contribution in [2.45, 2.75) is 64.1 Å². The summed E-state index contributed by atoms with van der Waals surface area (Å²) in [6, 6.07) is 7.34. The van der Waals surface area contributed by atoms with E-state index >= 15 is 0 Å². The predicted octanol–water partition coefficient (Wildman–Crippen LogP) is 2.82. The van der Waals surface area contributed by atoms with E-state index in [0.717, 1.165) is 39.0 Å². The van der Waals surface area contributed by atoms with Gasteiger partial charge in [0.2, 0.25) is 0 Å². The highest BCUT2D eigenvalue weighted by atomic mass is 16.5. The second-order valence-electron chi connectivity index (χ2n) is 8.51. The van der Waals surface area contributed by atoms with Gasteiger partial charge in [-0.2, -0.15) is 0 Å². The Morgan fingerprint density at radius 3 is 2.90 bits per heavy atom. The van der Waals surface area contributed by atoms with E-state index < -0.39 is 6.23 Å². The standard InChI is InChI=1S/C23H35N3O3/c1-16-15-25(10-4-11-28-3)21-13-18(5-8-20(16)21)17(2)26(19-6-7-19)23(27)22-14-24-9-12-29-22/h5,8,13,15,17,19,22-24,27H,4,6-7,9-12,14H2,1-3H3/t17-,22-,23?/m1/s1. The van der Waals surface area contributed by atoms with Crippen LogP contribution in [0.3, 0.4) is 0 Å². The van der Waals surface area contributed by atoms with E-state index in [0.29, 0.717) is 19.2 Å². The number of methoxy groups -OCH3 is 1. The molecule has 1 aliphatic carbocycles. The maximum absolute atomic E-state index is 11.1. The Labute approximate surface area is 173 Å². The molecule has 3 atom stereocenters. The van der Waals surface area contributed by atoms with Gasteiger partial charge in [-0.1, -0.05) is 12.1 Å². The molecule has 0 bridgehead atoms. The molecule has 1 unspecified atom stereocenters. The first-order chi connectivity index (χ1) is 14.1. The van der Waals surface area contributed by atoms with Crippen LogP contribution >= 0.6 is 0 Å². The van der Waals surface area contributed by atoms with Crippen LogP contribution in [0, 0.1) is 6.92 Å². The summed E-state index contributed by atoms with van der Waals surface area (Å²) in [4.78, 5) is 2.27. The molecule has 6 heteroatoms. The van der Waals surface area contributed by atoms with E-state index in [-0.39, 0.29) is 12.1 Å². The van der Waals surface area contributed by atoms with E-state index in [1.54, 1.807) is 7.11 Å². The number of benzene rings is 1. The summed E-state index contributed by atoms with van der Waals surface area (Å²) in [6.45, 7) is 8.33. The monoisotopic (exact) mass is 401 g/mol. The lowest BCUT2D eigenvalue weighted by molar-refractivity contribution is -0.135. The second-order valence-corrected chi connectivity index (χ2v) is 8.51. The Morgan fingerprint density at radius 2 is 2.21 bits per heavy atom. The summed E-state index contributed by atoms with van der Waals surface area (Å²) in [5.41, 5.74) is 3.82. The number of nitrogens with one attached hydrogen (secondary N) is 1. The summed E-state index contributed by atoms with van der Waals surface area (Å²) < 4.78 is 13.4. The lowest BCUT2D eigenvalue weighted by Gasteiger charge is -2.39. The molecule has 0 radical (unpaired) electrons. The Kier molecular flexibility index (Phi) is 6.56. The van der Waals surface area contributed by atoms with Crippen molar-refractivity contribution in [3.63, 3.8) is 0 Å². The van der Waals surface area contributed by atoms with Crippen LogP contribution in [0.5, 0.6) is 0 Å². The molecule has 2 aliphatic rings. The number of hydrogen-bond acceptors (Lipinski definition) is 5. The van der Waals surface area contributed by atoms with Gasteiger partial charge in [0.1, 0.15) is 12.3 Å². The Bertz CT molecular complexity index is 811. The van der Waals surface area contributed by atoms with E-state index in [1.165, 1.54) is 22.0 Å². The largest absolute Gasteiger partial charge is 0.385 e. The Morgan fingerprint density at radius 1 is 1.38 bits per heavy atom. The molecule has 2 fully saturated rings. The number of aryl methyl sites for hydroxylation is 2. The van der Waals surface area contributed by atoms with Crippen LogP contribution in [0.1, 0.15) is 43.4 Å². The Balaban J connectivity index is 1.58. The number of ether oxygens (including phenoxy) is 2. The summed E-state index contributed by atoms with van der Waals surface area (Å²) >= 11 is 0. The molecule has 2 aromatic rings. The van der Waals surface area contributed by atoms with Gasteiger partial charge in [-0.05, 0) is 50.3 Å². The maximum atomic E-state index is 11.1. The van der Waals surface area contributed by atoms with Crippen molar-refractivity contribution in [3.05, 3.63) is 35.5 Å². The number of rotatable bonds is 9. The number of hydrogen-bond donors (Lipinski definition) is 2. The average Bonchev–Trinajstić information content (AvgIpc) is 3.53. The predicted molar refractivity (Wildman–Crippen MR) is 115 cm³/mol. The van der Waals surface area contributed by atoms with Gasteiger partial charge in [-0.15, -0.1) is 0 Å². The van der Waals surface area contributed by atoms with Gasteiger partial charge in [0.15, 0.2) is 0 Å². The summed E-state index contributed by atoms with van der Waals surface area (Å²) in [5, 5.41) is 15.8. The fourth-order valence-electron chi connectivity index (χ4n) is 4.59. The van der Waals surface area contributed by atoms with E-state index in [4.69, 9.17) is 9.47 Å². The SMILES string of the molecule is COCCCn1cc(C)c2ccc([C@@H](C)N(C3CC3)C(O)[C@H]3CNCCO3)cc21. The summed E-state index contributed by atoms with van der Waals surface area (Å²) in [5.74, 6) is 0. The molecule has 0 spiro atoms. The molecule has 2 heterocycles. The molecule has 1 aromatic heterocycles. The van der Waals surface area contributed by atoms with Crippen molar-refractivity contribution < 1.29 is 14.6 Å². The van der Waals surface area contributed by atoms with Gasteiger partial charge in [0.25, 0.3) is 0 Å². The quantitative estimate of drug-likeness (QED) is 0.500. The minimum absolute atomic E-state index is 0.134. The number of aromatic nitrogens is 1. The molecule has 1 aromatic carbocycles. The molecule has 160 valence electrons. The molecule has 1 aliphatic heterocycles. The van der Waals surface area contributed by atoms with E-state index in [9.17, 15) is 5.11 Å². The van der Waals surface area contributed by atoms with E-state index in [2.05, 4.69) is 53.0 Å². The molecular formula is C23H35N3O3. The number of aliphatic hydroxyl groups excluding tert-OH is 1. The second kappa shape index (κ2) is 9.14. The highest BCUT2D eigenvalue weighted by Gasteiger charge is 2.40. The van der Waals surface area contributed by atoms with Crippen LogP contribution in [0.25, 0.3) is 10.9 Å². The van der Waals surface area contributed by atoms with Crippen LogP contribution in [0.15, 0.2) is 24.4 Å². The third-order valence-electron chi connectivity index (χ3n) is 6.35. The zero-order valence-corrected chi connectivity index (χ0v) is 17.9. The van der Waals surface area contributed by atoms with Gasteiger partial charge in [-0.25, -0.2) is 0 Å². The number of morpholine rings is 1. The van der Waals surface area contributed by atoms with Gasteiger partial charge in [-0.3, -0.25) is 4.90 Å². The molecule has 1 saturated carbocycles. The van der Waals surface area contributed by atoms with Crippen LogP contribution in [-0.4, -0.2) is 66.4 Å². The van der Waals surface area contributed by atoms with Crippen molar-refractivity contribution in [2.24, 2.45) is 0 Å². The van der Waals surface area contributed by atoms with Gasteiger partial charge in [0, 0.05) is 62.5 Å². The zero-order chi connectivity index (χ0) is 20.4. The third-order valence-corrected chi connectivity index (χ3v) is 6.35. The highest BCUT2D eigenvalue weighted by molar-refractivity contribution is 5.84. The fraction of sp³-hybridized carbons (Fsp3) is 0.652. The minimum atomic E-state index is -0.587. The van der Waals surface area contributed by atoms with E-state index in [1.807, 2.05) is 0 Å². The fourth-order valence-corrected chi connectivity index (χ4v) is 4.59. The summed E-state index contributed by atoms with van der Waals surface area (Å²) in [6.07, 6.45) is 4.78. The number of aliphatic hydroxyl groups is 1. The first kappa shape index (κ1) is 20.8. The summed E-state index contributed by atoms with van der Waals surface area (Å²) in [7, 11) is 1.75. The van der Waals surface area contributed by atoms with Gasteiger partial charge in [0.05, 0.1) is 6.61 Å². The topological polar surface area (TPSA) is 58.9 Å². The maximum Gasteiger partial charge on any atom is 0.135 e. The van der Waals surface area contributed by atoms with Crippen LogP contribution < -0.4 is 5.32 Å². The Hall–Kier alpha value is -1.44.